The van der Waals surface area contributed by atoms with Gasteiger partial charge in [0.25, 0.3) is 0 Å². The number of carboxylic acid groups (broad SMARTS) is 2. The first kappa shape index (κ1) is 12.6. The van der Waals surface area contributed by atoms with E-state index in [1.807, 2.05) is 6.92 Å². The molecule has 0 aromatic rings. The summed E-state index contributed by atoms with van der Waals surface area (Å²) in [5.41, 5.74) is -0.746. The molecule has 0 aromatic heterocycles. The number of carbonyl (C=O) groups is 2. The molecular formula is C10H16O6. The number of rotatable bonds is 2. The van der Waals surface area contributed by atoms with Crippen molar-refractivity contribution in [1.29, 1.82) is 0 Å². The number of hydrogen-bond acceptors (Lipinski definition) is 4. The van der Waals surface area contributed by atoms with Crippen LogP contribution in [0.15, 0.2) is 0 Å². The minimum absolute atomic E-state index is 0.0679. The Kier molecular flexibility index (Phi) is 3.62. The predicted octanol–water partition coefficient (Wildman–Crippen LogP) is 2.32. The average Bonchev–Trinajstić information content (AvgIpc) is 2.10. The first-order chi connectivity index (χ1) is 7.33. The maximum absolute atomic E-state index is 10.5. The Bertz CT molecular complexity index is 289. The summed E-state index contributed by atoms with van der Waals surface area (Å²) < 4.78 is 9.53. The predicted molar refractivity (Wildman–Crippen MR) is 53.4 cm³/mol. The molecule has 3 atom stereocenters. The zero-order chi connectivity index (χ0) is 12.3. The SMILES string of the molecule is CC1CC(OC(=O)O)CCC1(C)OC(=O)O. The minimum atomic E-state index is -1.30. The van der Waals surface area contributed by atoms with E-state index in [0.717, 1.165) is 0 Å². The third kappa shape index (κ3) is 3.01. The zero-order valence-electron chi connectivity index (χ0n) is 9.30. The molecule has 0 spiro atoms. The summed E-state index contributed by atoms with van der Waals surface area (Å²) in [4.78, 5) is 20.9. The molecule has 2 N–H and O–H groups in total. The van der Waals surface area contributed by atoms with Crippen LogP contribution < -0.4 is 0 Å². The van der Waals surface area contributed by atoms with Gasteiger partial charge in [0.05, 0.1) is 0 Å². The van der Waals surface area contributed by atoms with Gasteiger partial charge in [-0.15, -0.1) is 0 Å². The molecule has 1 aliphatic rings. The smallest absolute Gasteiger partial charge is 0.450 e. The Hall–Kier alpha value is -1.46. The van der Waals surface area contributed by atoms with E-state index in [2.05, 4.69) is 4.74 Å². The van der Waals surface area contributed by atoms with Gasteiger partial charge in [-0.05, 0) is 32.1 Å². The van der Waals surface area contributed by atoms with Crippen molar-refractivity contribution in [1.82, 2.24) is 0 Å². The molecule has 0 aromatic carbocycles. The molecule has 1 saturated carbocycles. The van der Waals surface area contributed by atoms with Gasteiger partial charge in [0.1, 0.15) is 11.7 Å². The fourth-order valence-corrected chi connectivity index (χ4v) is 2.06. The van der Waals surface area contributed by atoms with Gasteiger partial charge >= 0.3 is 12.3 Å². The molecule has 0 aliphatic heterocycles. The van der Waals surface area contributed by atoms with Crippen LogP contribution in [0.4, 0.5) is 9.59 Å². The van der Waals surface area contributed by atoms with E-state index >= 15 is 0 Å². The fourth-order valence-electron chi connectivity index (χ4n) is 2.06. The molecule has 6 heteroatoms. The van der Waals surface area contributed by atoms with Gasteiger partial charge in [0.2, 0.25) is 0 Å². The van der Waals surface area contributed by atoms with Crippen LogP contribution in [-0.4, -0.2) is 34.2 Å². The lowest BCUT2D eigenvalue weighted by atomic mass is 9.76. The van der Waals surface area contributed by atoms with E-state index in [4.69, 9.17) is 14.9 Å². The highest BCUT2D eigenvalue weighted by atomic mass is 16.7. The van der Waals surface area contributed by atoms with Crippen LogP contribution in [0, 0.1) is 5.92 Å². The van der Waals surface area contributed by atoms with Crippen LogP contribution in [0.3, 0.4) is 0 Å². The second kappa shape index (κ2) is 4.59. The topological polar surface area (TPSA) is 93.1 Å². The molecular weight excluding hydrogens is 216 g/mol. The first-order valence-electron chi connectivity index (χ1n) is 5.15. The molecule has 3 unspecified atom stereocenters. The van der Waals surface area contributed by atoms with Crippen LogP contribution >= 0.6 is 0 Å². The summed E-state index contributed by atoms with van der Waals surface area (Å²) in [6.45, 7) is 3.56. The van der Waals surface area contributed by atoms with E-state index in [-0.39, 0.29) is 12.0 Å². The Morgan fingerprint density at radius 1 is 1.31 bits per heavy atom. The van der Waals surface area contributed by atoms with Gasteiger partial charge in [-0.2, -0.15) is 0 Å². The van der Waals surface area contributed by atoms with E-state index < -0.39 is 17.9 Å². The van der Waals surface area contributed by atoms with E-state index in [1.54, 1.807) is 6.92 Å². The largest absolute Gasteiger partial charge is 0.506 e. The Morgan fingerprint density at radius 3 is 2.38 bits per heavy atom. The third-order valence-electron chi connectivity index (χ3n) is 3.21. The normalized spacial score (nSPS) is 34.1. The van der Waals surface area contributed by atoms with Gasteiger partial charge in [-0.25, -0.2) is 9.59 Å². The Balaban J connectivity index is 2.57. The molecule has 0 saturated heterocycles. The lowest BCUT2D eigenvalue weighted by Crippen LogP contribution is -2.44. The van der Waals surface area contributed by atoms with Crippen molar-refractivity contribution in [3.05, 3.63) is 0 Å². The highest BCUT2D eigenvalue weighted by Gasteiger charge is 2.41. The third-order valence-corrected chi connectivity index (χ3v) is 3.21. The molecule has 0 radical (unpaired) electrons. The van der Waals surface area contributed by atoms with E-state index in [9.17, 15) is 9.59 Å². The monoisotopic (exact) mass is 232 g/mol. The molecule has 92 valence electrons. The molecule has 1 rings (SSSR count). The quantitative estimate of drug-likeness (QED) is 0.709. The van der Waals surface area contributed by atoms with Gasteiger partial charge < -0.3 is 19.7 Å². The summed E-state index contributed by atoms with van der Waals surface area (Å²) in [6, 6.07) is 0. The molecule has 1 fully saturated rings. The van der Waals surface area contributed by atoms with Crippen LogP contribution in [0.2, 0.25) is 0 Å². The molecule has 6 nitrogen and oxygen atoms in total. The second-order valence-electron chi connectivity index (χ2n) is 4.36. The fraction of sp³-hybridized carbons (Fsp3) is 0.800. The van der Waals surface area contributed by atoms with E-state index in [1.165, 1.54) is 0 Å². The molecule has 0 bridgehead atoms. The minimum Gasteiger partial charge on any atom is -0.450 e. The van der Waals surface area contributed by atoms with Gasteiger partial charge in [0, 0.05) is 0 Å². The summed E-state index contributed by atoms with van der Waals surface area (Å²) in [6.07, 6.45) is -1.51. The van der Waals surface area contributed by atoms with Crippen molar-refractivity contribution in [2.24, 2.45) is 5.92 Å². The van der Waals surface area contributed by atoms with Crippen molar-refractivity contribution < 1.29 is 29.3 Å². The zero-order valence-corrected chi connectivity index (χ0v) is 9.30. The highest BCUT2D eigenvalue weighted by molar-refractivity contribution is 5.58. The van der Waals surface area contributed by atoms with E-state index in [0.29, 0.717) is 19.3 Å². The molecule has 16 heavy (non-hydrogen) atoms. The van der Waals surface area contributed by atoms with Crippen LogP contribution in [0.25, 0.3) is 0 Å². The van der Waals surface area contributed by atoms with Gasteiger partial charge in [-0.3, -0.25) is 0 Å². The molecule has 1 aliphatic carbocycles. The Morgan fingerprint density at radius 2 is 1.94 bits per heavy atom. The van der Waals surface area contributed by atoms with Gasteiger partial charge in [-0.1, -0.05) is 6.92 Å². The summed E-state index contributed by atoms with van der Waals surface area (Å²) in [7, 11) is 0. The number of hydrogen-bond donors (Lipinski definition) is 2. The highest BCUT2D eigenvalue weighted by Crippen LogP contribution is 2.37. The number of ether oxygens (including phenoxy) is 2. The van der Waals surface area contributed by atoms with Crippen molar-refractivity contribution in [2.45, 2.75) is 44.8 Å². The van der Waals surface area contributed by atoms with Crippen molar-refractivity contribution in [3.63, 3.8) is 0 Å². The molecule has 0 heterocycles. The van der Waals surface area contributed by atoms with Crippen LogP contribution in [0.5, 0.6) is 0 Å². The van der Waals surface area contributed by atoms with Crippen LogP contribution in [-0.2, 0) is 9.47 Å². The maximum atomic E-state index is 10.5. The Labute approximate surface area is 93.2 Å². The lowest BCUT2D eigenvalue weighted by molar-refractivity contribution is -0.0898. The first-order valence-corrected chi connectivity index (χ1v) is 5.15. The van der Waals surface area contributed by atoms with Crippen molar-refractivity contribution >= 4 is 12.3 Å². The maximum Gasteiger partial charge on any atom is 0.506 e. The second-order valence-corrected chi connectivity index (χ2v) is 4.36. The lowest BCUT2D eigenvalue weighted by Gasteiger charge is -2.40. The van der Waals surface area contributed by atoms with Crippen LogP contribution in [0.1, 0.15) is 33.1 Å². The molecule has 0 amide bonds. The summed E-state index contributed by atoms with van der Waals surface area (Å²) in [5, 5.41) is 17.1. The summed E-state index contributed by atoms with van der Waals surface area (Å²) >= 11 is 0. The van der Waals surface area contributed by atoms with Gasteiger partial charge in [0.15, 0.2) is 0 Å². The van der Waals surface area contributed by atoms with Crippen molar-refractivity contribution in [2.75, 3.05) is 0 Å². The average molecular weight is 232 g/mol. The van der Waals surface area contributed by atoms with Crippen molar-refractivity contribution in [3.8, 4) is 0 Å². The standard InChI is InChI=1S/C10H16O6/c1-6-5-7(15-8(11)12)3-4-10(6,2)16-9(13)14/h6-7H,3-5H2,1-2H3,(H,11,12)(H,13,14). The summed E-state index contributed by atoms with van der Waals surface area (Å²) in [5.74, 6) is -0.0679.